The number of anilines is 1. The Morgan fingerprint density at radius 2 is 2.17 bits per heavy atom. The second-order valence-electron chi connectivity index (χ2n) is 5.11. The number of hydrogen-bond donors (Lipinski definition) is 1. The predicted molar refractivity (Wildman–Crippen MR) is 66.1 cm³/mol. The fourth-order valence-electron chi connectivity index (χ4n) is 2.81. The van der Waals surface area contributed by atoms with Crippen molar-refractivity contribution in [1.82, 2.24) is 10.2 Å². The van der Waals surface area contributed by atoms with E-state index in [-0.39, 0.29) is 12.1 Å². The number of nitriles is 1. The van der Waals surface area contributed by atoms with E-state index in [2.05, 4.69) is 21.6 Å². The Bertz CT molecular complexity index is 522. The summed E-state index contributed by atoms with van der Waals surface area (Å²) in [4.78, 5) is 0. The molecule has 1 N–H and O–H groups in total. The Morgan fingerprint density at radius 1 is 1.33 bits per heavy atom. The summed E-state index contributed by atoms with van der Waals surface area (Å²) >= 11 is 0. The van der Waals surface area contributed by atoms with E-state index in [1.165, 1.54) is 0 Å². The summed E-state index contributed by atoms with van der Waals surface area (Å²) in [5, 5.41) is 20.8. The third-order valence-corrected chi connectivity index (χ3v) is 3.99. The Balaban J connectivity index is 1.85. The number of aromatic nitrogens is 2. The van der Waals surface area contributed by atoms with E-state index in [4.69, 9.17) is 4.74 Å². The van der Waals surface area contributed by atoms with E-state index in [9.17, 15) is 5.26 Å². The van der Waals surface area contributed by atoms with Gasteiger partial charge < -0.3 is 10.1 Å². The van der Waals surface area contributed by atoms with Crippen molar-refractivity contribution in [1.29, 1.82) is 5.26 Å². The third-order valence-electron chi connectivity index (χ3n) is 3.99. The van der Waals surface area contributed by atoms with Crippen molar-refractivity contribution in [2.75, 3.05) is 5.32 Å². The maximum atomic E-state index is 9.24. The largest absolute Gasteiger partial charge is 0.373 e. The van der Waals surface area contributed by atoms with Gasteiger partial charge in [0.25, 0.3) is 0 Å². The summed E-state index contributed by atoms with van der Waals surface area (Å²) in [5.74, 6) is 0.599. The highest BCUT2D eigenvalue weighted by Gasteiger charge is 2.41. The fourth-order valence-corrected chi connectivity index (χ4v) is 2.81. The van der Waals surface area contributed by atoms with Gasteiger partial charge in [-0.2, -0.15) is 10.4 Å². The molecule has 0 radical (unpaired) electrons. The van der Waals surface area contributed by atoms with E-state index in [0.29, 0.717) is 17.5 Å². The molecule has 0 spiro atoms. The van der Waals surface area contributed by atoms with Gasteiger partial charge in [-0.3, -0.25) is 0 Å². The quantitative estimate of drug-likeness (QED) is 0.857. The van der Waals surface area contributed by atoms with Crippen molar-refractivity contribution in [2.24, 2.45) is 0 Å². The zero-order valence-electron chi connectivity index (χ0n) is 10.6. The van der Waals surface area contributed by atoms with E-state index in [1.54, 1.807) is 0 Å². The van der Waals surface area contributed by atoms with Crippen LogP contribution in [0.2, 0.25) is 0 Å². The van der Waals surface area contributed by atoms with Gasteiger partial charge in [-0.25, -0.2) is 0 Å². The number of hydrogen-bond acceptors (Lipinski definition) is 5. The summed E-state index contributed by atoms with van der Waals surface area (Å²) in [6.45, 7) is 3.78. The van der Waals surface area contributed by atoms with Gasteiger partial charge in [0.1, 0.15) is 11.6 Å². The molecule has 94 valence electrons. The monoisotopic (exact) mass is 244 g/mol. The van der Waals surface area contributed by atoms with Crippen LogP contribution >= 0.6 is 0 Å². The first-order chi connectivity index (χ1) is 8.69. The first kappa shape index (κ1) is 11.4. The standard InChI is InChI=1S/C13H16N4O/c1-7-8(2)16-17-13(10(7)6-14)15-11-5-9-3-4-12(11)18-9/h9,11-12H,3-5H2,1-2H3,(H,15,17)/t9-,11-,12-/m1/s1. The first-order valence-corrected chi connectivity index (χ1v) is 6.35. The number of nitrogens with one attached hydrogen (secondary N) is 1. The molecule has 5 nitrogen and oxygen atoms in total. The lowest BCUT2D eigenvalue weighted by Crippen LogP contribution is -2.31. The van der Waals surface area contributed by atoms with Crippen LogP contribution in [-0.4, -0.2) is 28.4 Å². The molecule has 2 aliphatic rings. The molecule has 2 aliphatic heterocycles. The molecule has 3 atom stereocenters. The summed E-state index contributed by atoms with van der Waals surface area (Å²) in [6.07, 6.45) is 3.92. The molecule has 0 amide bonds. The first-order valence-electron chi connectivity index (χ1n) is 6.35. The van der Waals surface area contributed by atoms with Crippen LogP contribution in [0.25, 0.3) is 0 Å². The minimum Gasteiger partial charge on any atom is -0.373 e. The molecule has 1 aromatic heterocycles. The van der Waals surface area contributed by atoms with Crippen molar-refractivity contribution < 1.29 is 4.74 Å². The number of aryl methyl sites for hydroxylation is 1. The lowest BCUT2D eigenvalue weighted by molar-refractivity contribution is 0.102. The second-order valence-corrected chi connectivity index (χ2v) is 5.11. The molecule has 1 aromatic rings. The molecule has 0 unspecified atom stereocenters. The molecule has 3 rings (SSSR count). The molecule has 2 bridgehead atoms. The van der Waals surface area contributed by atoms with Crippen LogP contribution in [0.15, 0.2) is 0 Å². The van der Waals surface area contributed by atoms with E-state index < -0.39 is 0 Å². The molecule has 18 heavy (non-hydrogen) atoms. The molecule has 5 heteroatoms. The van der Waals surface area contributed by atoms with Crippen LogP contribution < -0.4 is 5.32 Å². The molecule has 0 saturated carbocycles. The van der Waals surface area contributed by atoms with Gasteiger partial charge >= 0.3 is 0 Å². The minimum atomic E-state index is 0.268. The topological polar surface area (TPSA) is 70.8 Å². The summed E-state index contributed by atoms with van der Waals surface area (Å²) in [6, 6.07) is 2.49. The predicted octanol–water partition coefficient (Wildman–Crippen LogP) is 1.70. The van der Waals surface area contributed by atoms with Gasteiger partial charge in [-0.05, 0) is 38.7 Å². The lowest BCUT2D eigenvalue weighted by Gasteiger charge is -2.21. The van der Waals surface area contributed by atoms with E-state index in [1.807, 2.05) is 13.8 Å². The van der Waals surface area contributed by atoms with Crippen LogP contribution in [0.1, 0.15) is 36.1 Å². The summed E-state index contributed by atoms with van der Waals surface area (Å²) in [5.41, 5.74) is 2.31. The van der Waals surface area contributed by atoms with Crippen LogP contribution in [0.5, 0.6) is 0 Å². The molecule has 0 aliphatic carbocycles. The van der Waals surface area contributed by atoms with Crippen LogP contribution in [0, 0.1) is 25.2 Å². The fraction of sp³-hybridized carbons (Fsp3) is 0.615. The molecule has 2 fully saturated rings. The smallest absolute Gasteiger partial charge is 0.167 e. The highest BCUT2D eigenvalue weighted by atomic mass is 16.5. The van der Waals surface area contributed by atoms with E-state index in [0.717, 1.165) is 30.5 Å². The molecular formula is C13H16N4O. The average molecular weight is 244 g/mol. The SMILES string of the molecule is Cc1nnc(N[C@@H]2C[C@H]3CC[C@H]2O3)c(C#N)c1C. The highest BCUT2D eigenvalue weighted by molar-refractivity contribution is 5.56. The lowest BCUT2D eigenvalue weighted by atomic mass is 9.95. The highest BCUT2D eigenvalue weighted by Crippen LogP contribution is 2.36. The summed E-state index contributed by atoms with van der Waals surface area (Å²) < 4.78 is 5.79. The van der Waals surface area contributed by atoms with Gasteiger partial charge in [-0.15, -0.1) is 5.10 Å². The normalized spacial score (nSPS) is 29.3. The van der Waals surface area contributed by atoms with Crippen molar-refractivity contribution in [2.45, 2.75) is 51.4 Å². The van der Waals surface area contributed by atoms with Gasteiger partial charge in [-0.1, -0.05) is 0 Å². The van der Waals surface area contributed by atoms with Crippen molar-refractivity contribution in [3.8, 4) is 6.07 Å². The maximum absolute atomic E-state index is 9.24. The Labute approximate surface area is 106 Å². The Kier molecular flexibility index (Phi) is 2.67. The maximum Gasteiger partial charge on any atom is 0.167 e. The Morgan fingerprint density at radius 3 is 2.78 bits per heavy atom. The molecule has 0 aromatic carbocycles. The van der Waals surface area contributed by atoms with Crippen LogP contribution in [-0.2, 0) is 4.74 Å². The average Bonchev–Trinajstić information content (AvgIpc) is 2.96. The van der Waals surface area contributed by atoms with Crippen molar-refractivity contribution in [3.63, 3.8) is 0 Å². The minimum absolute atomic E-state index is 0.268. The van der Waals surface area contributed by atoms with Gasteiger partial charge in [0.2, 0.25) is 0 Å². The second kappa shape index (κ2) is 4.21. The van der Waals surface area contributed by atoms with E-state index >= 15 is 0 Å². The van der Waals surface area contributed by atoms with Crippen LogP contribution in [0.3, 0.4) is 0 Å². The van der Waals surface area contributed by atoms with Crippen molar-refractivity contribution in [3.05, 3.63) is 16.8 Å². The zero-order valence-corrected chi connectivity index (χ0v) is 10.6. The van der Waals surface area contributed by atoms with Gasteiger partial charge in [0.15, 0.2) is 5.82 Å². The van der Waals surface area contributed by atoms with Crippen LogP contribution in [0.4, 0.5) is 5.82 Å². The molecule has 2 saturated heterocycles. The number of rotatable bonds is 2. The van der Waals surface area contributed by atoms with Gasteiger partial charge in [0.05, 0.1) is 23.9 Å². The van der Waals surface area contributed by atoms with Gasteiger partial charge in [0, 0.05) is 0 Å². The molecular weight excluding hydrogens is 228 g/mol. The molecule has 3 heterocycles. The summed E-state index contributed by atoms with van der Waals surface area (Å²) in [7, 11) is 0. The number of nitrogens with zero attached hydrogens (tertiary/aromatic N) is 3. The zero-order chi connectivity index (χ0) is 12.7. The third kappa shape index (κ3) is 1.73. The Hall–Kier alpha value is -1.67. The number of fused-ring (bicyclic) bond motifs is 2. The van der Waals surface area contributed by atoms with Crippen molar-refractivity contribution >= 4 is 5.82 Å². The number of ether oxygens (including phenoxy) is 1.